The predicted molar refractivity (Wildman–Crippen MR) is 57.1 cm³/mol. The molecule has 0 fully saturated rings. The summed E-state index contributed by atoms with van der Waals surface area (Å²) in [5.74, 6) is -0.493. The first-order valence-electron chi connectivity index (χ1n) is 3.73. The molecule has 0 rings (SSSR count). The minimum absolute atomic E-state index is 0.496. The van der Waals surface area contributed by atoms with Gasteiger partial charge in [-0.2, -0.15) is 0 Å². The standard InChI is InChI=1S/C8H14ClNO2S/c1-5(9)4-13-8(2,3)6(10)7(11)12/h6H,1,4,10H2,2-3H3,(H,11,12)/t6-/m0/s1. The molecule has 0 amide bonds. The largest absolute Gasteiger partial charge is 0.480 e. The van der Waals surface area contributed by atoms with Crippen LogP contribution in [-0.4, -0.2) is 27.6 Å². The summed E-state index contributed by atoms with van der Waals surface area (Å²) in [7, 11) is 0. The summed E-state index contributed by atoms with van der Waals surface area (Å²) in [6.07, 6.45) is 0. The second kappa shape index (κ2) is 4.88. The number of rotatable bonds is 5. The molecule has 0 aromatic rings. The zero-order chi connectivity index (χ0) is 10.6. The smallest absolute Gasteiger partial charge is 0.321 e. The lowest BCUT2D eigenvalue weighted by molar-refractivity contribution is -0.139. The Morgan fingerprint density at radius 1 is 1.77 bits per heavy atom. The number of hydrogen-bond acceptors (Lipinski definition) is 3. The molecule has 0 radical (unpaired) electrons. The van der Waals surface area contributed by atoms with Crippen molar-refractivity contribution in [3.05, 3.63) is 11.6 Å². The van der Waals surface area contributed by atoms with E-state index in [1.807, 2.05) is 0 Å². The zero-order valence-corrected chi connectivity index (χ0v) is 9.28. The van der Waals surface area contributed by atoms with Gasteiger partial charge in [0.05, 0.1) is 0 Å². The Kier molecular flexibility index (Phi) is 4.81. The quantitative estimate of drug-likeness (QED) is 0.744. The summed E-state index contributed by atoms with van der Waals surface area (Å²) in [5, 5.41) is 9.19. The highest BCUT2D eigenvalue weighted by Gasteiger charge is 2.32. The van der Waals surface area contributed by atoms with Crippen molar-refractivity contribution in [3.8, 4) is 0 Å². The molecule has 0 aromatic carbocycles. The molecule has 3 N–H and O–H groups in total. The van der Waals surface area contributed by atoms with E-state index in [4.69, 9.17) is 22.4 Å². The minimum Gasteiger partial charge on any atom is -0.480 e. The van der Waals surface area contributed by atoms with E-state index in [0.717, 1.165) is 0 Å². The fraction of sp³-hybridized carbons (Fsp3) is 0.625. The van der Waals surface area contributed by atoms with Crippen molar-refractivity contribution < 1.29 is 9.90 Å². The van der Waals surface area contributed by atoms with Gasteiger partial charge in [-0.15, -0.1) is 11.8 Å². The summed E-state index contributed by atoms with van der Waals surface area (Å²) in [6.45, 7) is 7.07. The Morgan fingerprint density at radius 2 is 2.23 bits per heavy atom. The highest BCUT2D eigenvalue weighted by molar-refractivity contribution is 8.00. The molecule has 0 saturated heterocycles. The zero-order valence-electron chi connectivity index (χ0n) is 7.71. The highest BCUT2D eigenvalue weighted by atomic mass is 35.5. The average Bonchev–Trinajstić information content (AvgIpc) is 1.99. The molecule has 0 saturated carbocycles. The highest BCUT2D eigenvalue weighted by Crippen LogP contribution is 2.29. The molecule has 76 valence electrons. The van der Waals surface area contributed by atoms with Crippen LogP contribution in [0.2, 0.25) is 0 Å². The second-order valence-corrected chi connectivity index (χ2v) is 5.39. The van der Waals surface area contributed by atoms with Gasteiger partial charge in [0.15, 0.2) is 0 Å². The minimum atomic E-state index is -1.00. The molecular weight excluding hydrogens is 210 g/mol. The summed E-state index contributed by atoms with van der Waals surface area (Å²) in [5.41, 5.74) is 5.49. The normalized spacial score (nSPS) is 13.8. The SMILES string of the molecule is C=C(Cl)CSC(C)(C)[C@@H](N)C(=O)O. The third-order valence-electron chi connectivity index (χ3n) is 1.62. The third kappa shape index (κ3) is 4.55. The van der Waals surface area contributed by atoms with E-state index in [2.05, 4.69) is 6.58 Å². The number of halogens is 1. The maximum Gasteiger partial charge on any atom is 0.321 e. The van der Waals surface area contributed by atoms with E-state index in [1.54, 1.807) is 13.8 Å². The number of aliphatic carboxylic acids is 1. The predicted octanol–water partition coefficient (Wildman–Crippen LogP) is 1.66. The van der Waals surface area contributed by atoms with Crippen LogP contribution in [0.4, 0.5) is 0 Å². The van der Waals surface area contributed by atoms with Gasteiger partial charge >= 0.3 is 5.97 Å². The fourth-order valence-corrected chi connectivity index (χ4v) is 1.62. The maximum atomic E-state index is 10.6. The van der Waals surface area contributed by atoms with Crippen molar-refractivity contribution in [1.29, 1.82) is 0 Å². The van der Waals surface area contributed by atoms with Crippen molar-refractivity contribution in [3.63, 3.8) is 0 Å². The molecule has 0 aliphatic heterocycles. The Bertz CT molecular complexity index is 218. The maximum absolute atomic E-state index is 10.6. The van der Waals surface area contributed by atoms with Crippen LogP contribution in [0, 0.1) is 0 Å². The van der Waals surface area contributed by atoms with Crippen molar-refractivity contribution in [2.75, 3.05) is 5.75 Å². The molecular formula is C8H14ClNO2S. The van der Waals surface area contributed by atoms with Gasteiger partial charge in [0.1, 0.15) is 6.04 Å². The number of nitrogens with two attached hydrogens (primary N) is 1. The fourth-order valence-electron chi connectivity index (χ4n) is 0.651. The van der Waals surface area contributed by atoms with Crippen LogP contribution in [0.1, 0.15) is 13.8 Å². The van der Waals surface area contributed by atoms with Gasteiger partial charge < -0.3 is 10.8 Å². The van der Waals surface area contributed by atoms with Crippen LogP contribution in [-0.2, 0) is 4.79 Å². The second-order valence-electron chi connectivity index (χ2n) is 3.23. The van der Waals surface area contributed by atoms with Gasteiger partial charge in [0.2, 0.25) is 0 Å². The Hall–Kier alpha value is -0.190. The van der Waals surface area contributed by atoms with E-state index in [1.165, 1.54) is 11.8 Å². The molecule has 0 aromatic heterocycles. The van der Waals surface area contributed by atoms with E-state index in [0.29, 0.717) is 10.8 Å². The van der Waals surface area contributed by atoms with Crippen LogP contribution in [0.25, 0.3) is 0 Å². The average molecular weight is 224 g/mol. The van der Waals surface area contributed by atoms with Gasteiger partial charge in [-0.3, -0.25) is 4.79 Å². The lowest BCUT2D eigenvalue weighted by Crippen LogP contribution is -2.46. The van der Waals surface area contributed by atoms with Gasteiger partial charge in [0, 0.05) is 15.5 Å². The van der Waals surface area contributed by atoms with E-state index in [9.17, 15) is 4.79 Å². The lowest BCUT2D eigenvalue weighted by Gasteiger charge is -2.27. The Balaban J connectivity index is 4.21. The molecule has 0 heterocycles. The topological polar surface area (TPSA) is 63.3 Å². The number of hydrogen-bond donors (Lipinski definition) is 2. The molecule has 0 aliphatic rings. The molecule has 0 bridgehead atoms. The third-order valence-corrected chi connectivity index (χ3v) is 3.40. The van der Waals surface area contributed by atoms with Crippen LogP contribution < -0.4 is 5.73 Å². The molecule has 1 atom stereocenters. The van der Waals surface area contributed by atoms with Crippen molar-refractivity contribution in [1.82, 2.24) is 0 Å². The summed E-state index contributed by atoms with van der Waals surface area (Å²) in [4.78, 5) is 10.6. The number of carbonyl (C=O) groups is 1. The van der Waals surface area contributed by atoms with Crippen LogP contribution in [0.3, 0.4) is 0 Å². The Labute approximate surface area is 87.3 Å². The van der Waals surface area contributed by atoms with E-state index >= 15 is 0 Å². The molecule has 3 nitrogen and oxygen atoms in total. The van der Waals surface area contributed by atoms with Crippen molar-refractivity contribution in [2.45, 2.75) is 24.6 Å². The van der Waals surface area contributed by atoms with Gasteiger partial charge in [-0.1, -0.05) is 18.2 Å². The molecule has 5 heteroatoms. The first-order valence-corrected chi connectivity index (χ1v) is 5.09. The first kappa shape index (κ1) is 12.8. The van der Waals surface area contributed by atoms with Crippen molar-refractivity contribution in [2.24, 2.45) is 5.73 Å². The molecule has 0 spiro atoms. The molecule has 0 aliphatic carbocycles. The number of carboxylic acid groups (broad SMARTS) is 1. The number of thioether (sulfide) groups is 1. The first-order chi connectivity index (χ1) is 5.77. The molecule has 13 heavy (non-hydrogen) atoms. The summed E-state index contributed by atoms with van der Waals surface area (Å²) >= 11 is 6.95. The Morgan fingerprint density at radius 3 is 2.54 bits per heavy atom. The van der Waals surface area contributed by atoms with Crippen LogP contribution in [0.5, 0.6) is 0 Å². The van der Waals surface area contributed by atoms with Crippen LogP contribution >= 0.6 is 23.4 Å². The van der Waals surface area contributed by atoms with Gasteiger partial charge in [-0.05, 0) is 13.8 Å². The monoisotopic (exact) mass is 223 g/mol. The van der Waals surface area contributed by atoms with Gasteiger partial charge in [0.25, 0.3) is 0 Å². The summed E-state index contributed by atoms with van der Waals surface area (Å²) < 4.78 is -0.538. The van der Waals surface area contributed by atoms with Gasteiger partial charge in [-0.25, -0.2) is 0 Å². The van der Waals surface area contributed by atoms with Crippen molar-refractivity contribution >= 4 is 29.3 Å². The molecule has 0 unspecified atom stereocenters. The number of carboxylic acids is 1. The lowest BCUT2D eigenvalue weighted by atomic mass is 10.1. The van der Waals surface area contributed by atoms with Crippen LogP contribution in [0.15, 0.2) is 11.6 Å². The summed E-state index contributed by atoms with van der Waals surface area (Å²) in [6, 6.07) is -0.895. The van der Waals surface area contributed by atoms with E-state index < -0.39 is 16.8 Å². The van der Waals surface area contributed by atoms with E-state index in [-0.39, 0.29) is 0 Å².